The van der Waals surface area contributed by atoms with E-state index in [4.69, 9.17) is 4.98 Å². The van der Waals surface area contributed by atoms with Crippen LogP contribution in [0.25, 0.3) is 21.5 Å². The van der Waals surface area contributed by atoms with E-state index in [1.54, 1.807) is 17.0 Å². The van der Waals surface area contributed by atoms with Gasteiger partial charge in [-0.1, -0.05) is 39.0 Å². The van der Waals surface area contributed by atoms with E-state index in [2.05, 4.69) is 11.1 Å². The number of fused-ring (bicyclic) bond motifs is 1. The summed E-state index contributed by atoms with van der Waals surface area (Å²) in [6.45, 7) is 5.94. The van der Waals surface area contributed by atoms with Gasteiger partial charge < -0.3 is 4.90 Å². The van der Waals surface area contributed by atoms with Crippen molar-refractivity contribution in [2.45, 2.75) is 27.3 Å². The predicted octanol–water partition coefficient (Wildman–Crippen LogP) is 6.08. The third-order valence-corrected chi connectivity index (χ3v) is 5.67. The standard InChI is InChI=1S/C24H22FN3OS/c1-24(2,3)23(29)28(20-10-8-18(25)9-11-20)14-19-15-30-22(27-19)17-12-16-6-4-5-7-21(16)26-13-17/h4-13,15H,14H2,1-3H3. The third kappa shape index (κ3) is 4.24. The number of hydrogen-bond donors (Lipinski definition) is 0. The van der Waals surface area contributed by atoms with Gasteiger partial charge in [0, 0.05) is 33.6 Å². The lowest BCUT2D eigenvalue weighted by Gasteiger charge is -2.29. The lowest BCUT2D eigenvalue weighted by Crippen LogP contribution is -2.39. The number of aromatic nitrogens is 2. The zero-order valence-electron chi connectivity index (χ0n) is 17.1. The number of carbonyl (C=O) groups is 1. The minimum Gasteiger partial charge on any atom is -0.306 e. The van der Waals surface area contributed by atoms with E-state index < -0.39 is 5.41 Å². The quantitative estimate of drug-likeness (QED) is 0.403. The van der Waals surface area contributed by atoms with Crippen LogP contribution in [0.5, 0.6) is 0 Å². The van der Waals surface area contributed by atoms with E-state index in [-0.39, 0.29) is 11.7 Å². The summed E-state index contributed by atoms with van der Waals surface area (Å²) in [6.07, 6.45) is 1.82. The number of carbonyl (C=O) groups excluding carboxylic acids is 1. The van der Waals surface area contributed by atoms with Crippen molar-refractivity contribution in [2.24, 2.45) is 5.41 Å². The predicted molar refractivity (Wildman–Crippen MR) is 120 cm³/mol. The monoisotopic (exact) mass is 419 g/mol. The number of thiazole rings is 1. The van der Waals surface area contributed by atoms with Gasteiger partial charge in [-0.15, -0.1) is 11.3 Å². The molecule has 4 rings (SSSR count). The molecule has 0 radical (unpaired) electrons. The maximum absolute atomic E-state index is 13.4. The van der Waals surface area contributed by atoms with Gasteiger partial charge >= 0.3 is 0 Å². The van der Waals surface area contributed by atoms with Crippen molar-refractivity contribution in [1.29, 1.82) is 0 Å². The van der Waals surface area contributed by atoms with Gasteiger partial charge in [0.1, 0.15) is 10.8 Å². The highest BCUT2D eigenvalue weighted by Gasteiger charge is 2.29. The fourth-order valence-electron chi connectivity index (χ4n) is 3.17. The molecule has 0 saturated carbocycles. The maximum atomic E-state index is 13.4. The molecule has 0 spiro atoms. The number of benzene rings is 2. The van der Waals surface area contributed by atoms with Crippen LogP contribution in [0.15, 0.2) is 66.2 Å². The molecule has 0 unspecified atom stereocenters. The van der Waals surface area contributed by atoms with Crippen molar-refractivity contribution in [3.63, 3.8) is 0 Å². The van der Waals surface area contributed by atoms with Gasteiger partial charge in [0.05, 0.1) is 17.8 Å². The van der Waals surface area contributed by atoms with Gasteiger partial charge in [0.25, 0.3) is 0 Å². The van der Waals surface area contributed by atoms with Gasteiger partial charge in [-0.2, -0.15) is 0 Å². The first-order chi connectivity index (χ1) is 14.3. The Morgan fingerprint density at radius 2 is 1.83 bits per heavy atom. The van der Waals surface area contributed by atoms with E-state index in [0.717, 1.165) is 27.2 Å². The van der Waals surface area contributed by atoms with Crippen LogP contribution < -0.4 is 4.90 Å². The Balaban J connectivity index is 1.64. The number of amides is 1. The van der Waals surface area contributed by atoms with E-state index in [9.17, 15) is 9.18 Å². The summed E-state index contributed by atoms with van der Waals surface area (Å²) >= 11 is 1.52. The first-order valence-electron chi connectivity index (χ1n) is 9.68. The van der Waals surface area contributed by atoms with Crippen LogP contribution in [0.1, 0.15) is 26.5 Å². The second-order valence-corrected chi connectivity index (χ2v) is 9.04. The molecule has 4 aromatic rings. The van der Waals surface area contributed by atoms with Crippen LogP contribution >= 0.6 is 11.3 Å². The number of rotatable bonds is 4. The molecule has 6 heteroatoms. The van der Waals surface area contributed by atoms with Crippen molar-refractivity contribution in [3.05, 3.63) is 77.7 Å². The van der Waals surface area contributed by atoms with Crippen molar-refractivity contribution < 1.29 is 9.18 Å². The Morgan fingerprint density at radius 1 is 1.10 bits per heavy atom. The molecule has 0 aliphatic heterocycles. The van der Waals surface area contributed by atoms with Crippen LogP contribution in [0, 0.1) is 11.2 Å². The molecule has 0 atom stereocenters. The molecule has 0 bridgehead atoms. The Kier molecular flexibility index (Phi) is 5.35. The van der Waals surface area contributed by atoms with Crippen molar-refractivity contribution in [1.82, 2.24) is 9.97 Å². The summed E-state index contributed by atoms with van der Waals surface area (Å²) in [6, 6.07) is 16.0. The van der Waals surface area contributed by atoms with Crippen molar-refractivity contribution >= 4 is 33.8 Å². The highest BCUT2D eigenvalue weighted by molar-refractivity contribution is 7.13. The van der Waals surface area contributed by atoms with Crippen molar-refractivity contribution in [2.75, 3.05) is 4.90 Å². The molecule has 0 N–H and O–H groups in total. The molecule has 0 aliphatic carbocycles. The lowest BCUT2D eigenvalue weighted by molar-refractivity contribution is -0.125. The van der Waals surface area contributed by atoms with Crippen molar-refractivity contribution in [3.8, 4) is 10.6 Å². The summed E-state index contributed by atoms with van der Waals surface area (Å²) in [5.41, 5.74) is 2.75. The molecule has 1 amide bonds. The van der Waals surface area contributed by atoms with Crippen LogP contribution in [0.4, 0.5) is 10.1 Å². The molecular formula is C24H22FN3OS. The molecule has 4 nitrogen and oxygen atoms in total. The summed E-state index contributed by atoms with van der Waals surface area (Å²) in [5.74, 6) is -0.377. The number of nitrogens with zero attached hydrogens (tertiary/aromatic N) is 3. The Hall–Kier alpha value is -3.12. The molecule has 152 valence electrons. The first kappa shape index (κ1) is 20.2. The summed E-state index contributed by atoms with van der Waals surface area (Å²) < 4.78 is 13.4. The molecular weight excluding hydrogens is 397 g/mol. The topological polar surface area (TPSA) is 46.1 Å². The van der Waals surface area contributed by atoms with E-state index in [1.807, 2.05) is 56.6 Å². The van der Waals surface area contributed by atoms with Gasteiger partial charge in [-0.05, 0) is 36.4 Å². The van der Waals surface area contributed by atoms with Gasteiger partial charge in [-0.3, -0.25) is 9.78 Å². The minimum atomic E-state index is -0.574. The number of para-hydroxylation sites is 1. The molecule has 0 aliphatic rings. The second kappa shape index (κ2) is 7.95. The number of anilines is 1. The fourth-order valence-corrected chi connectivity index (χ4v) is 3.96. The minimum absolute atomic E-state index is 0.0453. The zero-order chi connectivity index (χ0) is 21.3. The SMILES string of the molecule is CC(C)(C)C(=O)N(Cc1csc(-c2cnc3ccccc3c2)n1)c1ccc(F)cc1. The molecule has 2 aromatic carbocycles. The maximum Gasteiger partial charge on any atom is 0.232 e. The van der Waals surface area contributed by atoms with Crippen LogP contribution in [0.3, 0.4) is 0 Å². The molecule has 2 heterocycles. The largest absolute Gasteiger partial charge is 0.306 e. The van der Waals surface area contributed by atoms with E-state index >= 15 is 0 Å². The van der Waals surface area contributed by atoms with Gasteiger partial charge in [0.15, 0.2) is 0 Å². The first-order valence-corrected chi connectivity index (χ1v) is 10.6. The number of halogens is 1. The number of pyridine rings is 1. The molecule has 2 aromatic heterocycles. The average molecular weight is 420 g/mol. The van der Waals surface area contributed by atoms with Crippen LogP contribution in [-0.4, -0.2) is 15.9 Å². The smallest absolute Gasteiger partial charge is 0.232 e. The Labute approximate surface area is 179 Å². The van der Waals surface area contributed by atoms with Crippen LogP contribution in [-0.2, 0) is 11.3 Å². The summed E-state index contributed by atoms with van der Waals surface area (Å²) in [4.78, 5) is 24.0. The van der Waals surface area contributed by atoms with Gasteiger partial charge in [-0.25, -0.2) is 9.37 Å². The highest BCUT2D eigenvalue weighted by Crippen LogP contribution is 2.29. The summed E-state index contributed by atoms with van der Waals surface area (Å²) in [5, 5.41) is 3.87. The second-order valence-electron chi connectivity index (χ2n) is 8.18. The Bertz CT molecular complexity index is 1200. The normalized spacial score (nSPS) is 11.6. The summed E-state index contributed by atoms with van der Waals surface area (Å²) in [7, 11) is 0. The fraction of sp³-hybridized carbons (Fsp3) is 0.208. The van der Waals surface area contributed by atoms with Crippen LogP contribution in [0.2, 0.25) is 0 Å². The average Bonchev–Trinajstić information content (AvgIpc) is 3.20. The highest BCUT2D eigenvalue weighted by atomic mass is 32.1. The zero-order valence-corrected chi connectivity index (χ0v) is 17.9. The molecule has 0 saturated heterocycles. The van der Waals surface area contributed by atoms with E-state index in [1.165, 1.54) is 23.5 Å². The number of hydrogen-bond acceptors (Lipinski definition) is 4. The third-order valence-electron chi connectivity index (χ3n) is 4.73. The van der Waals surface area contributed by atoms with Gasteiger partial charge in [0.2, 0.25) is 5.91 Å². The Morgan fingerprint density at radius 3 is 2.57 bits per heavy atom. The lowest BCUT2D eigenvalue weighted by atomic mass is 9.94. The molecule has 0 fully saturated rings. The van der Waals surface area contributed by atoms with E-state index in [0.29, 0.717) is 12.2 Å². The molecule has 30 heavy (non-hydrogen) atoms.